The molecule has 3 nitrogen and oxygen atoms in total. The Bertz CT molecular complexity index is 465. The van der Waals surface area contributed by atoms with Crippen molar-refractivity contribution in [1.82, 2.24) is 5.32 Å². The van der Waals surface area contributed by atoms with Crippen LogP contribution in [0.2, 0.25) is 0 Å². The van der Waals surface area contributed by atoms with Crippen LogP contribution in [0, 0.1) is 0 Å². The average molecular weight is 245 g/mol. The Kier molecular flexibility index (Phi) is 4.42. The largest absolute Gasteiger partial charge is 0.494 e. The van der Waals surface area contributed by atoms with Crippen molar-refractivity contribution < 1.29 is 9.15 Å². The van der Waals surface area contributed by atoms with Crippen LogP contribution in [-0.4, -0.2) is 6.61 Å². The third-order valence-electron chi connectivity index (χ3n) is 2.79. The highest BCUT2D eigenvalue weighted by molar-refractivity contribution is 5.28. The van der Waals surface area contributed by atoms with E-state index in [0.717, 1.165) is 18.1 Å². The molecule has 1 aromatic heterocycles. The van der Waals surface area contributed by atoms with Gasteiger partial charge in [0, 0.05) is 6.54 Å². The fraction of sp³-hybridized carbons (Fsp3) is 0.333. The van der Waals surface area contributed by atoms with Crippen LogP contribution in [-0.2, 0) is 6.54 Å². The molecule has 3 heteroatoms. The normalized spacial score (nSPS) is 12.3. The maximum absolute atomic E-state index is 5.48. The Morgan fingerprint density at radius 3 is 2.89 bits per heavy atom. The summed E-state index contributed by atoms with van der Waals surface area (Å²) in [6.07, 6.45) is 1.70. The predicted molar refractivity (Wildman–Crippen MR) is 71.6 cm³/mol. The molecule has 0 aliphatic heterocycles. The van der Waals surface area contributed by atoms with Crippen LogP contribution in [0.1, 0.15) is 31.2 Å². The molecule has 2 rings (SSSR count). The lowest BCUT2D eigenvalue weighted by atomic mass is 10.2. The summed E-state index contributed by atoms with van der Waals surface area (Å²) in [7, 11) is 0. The van der Waals surface area contributed by atoms with Crippen molar-refractivity contribution in [3.8, 4) is 5.75 Å². The van der Waals surface area contributed by atoms with E-state index in [1.807, 2.05) is 31.2 Å². The molecular formula is C15H19NO2. The quantitative estimate of drug-likeness (QED) is 0.845. The van der Waals surface area contributed by atoms with Crippen molar-refractivity contribution in [2.75, 3.05) is 6.61 Å². The molecule has 1 aromatic carbocycles. The Hall–Kier alpha value is -1.74. The first-order valence-electron chi connectivity index (χ1n) is 6.28. The third-order valence-corrected chi connectivity index (χ3v) is 2.79. The Morgan fingerprint density at radius 1 is 1.28 bits per heavy atom. The van der Waals surface area contributed by atoms with Gasteiger partial charge in [0.15, 0.2) is 0 Å². The molecule has 1 heterocycles. The molecule has 1 atom stereocenters. The van der Waals surface area contributed by atoms with E-state index < -0.39 is 0 Å². The van der Waals surface area contributed by atoms with E-state index in [4.69, 9.17) is 9.15 Å². The van der Waals surface area contributed by atoms with Crippen LogP contribution in [0.3, 0.4) is 0 Å². The minimum absolute atomic E-state index is 0.204. The lowest BCUT2D eigenvalue weighted by molar-refractivity contribution is 0.339. The van der Waals surface area contributed by atoms with E-state index in [2.05, 4.69) is 24.4 Å². The van der Waals surface area contributed by atoms with Gasteiger partial charge in [-0.05, 0) is 43.7 Å². The highest BCUT2D eigenvalue weighted by Gasteiger charge is 2.07. The first-order valence-corrected chi connectivity index (χ1v) is 6.28. The highest BCUT2D eigenvalue weighted by Crippen LogP contribution is 2.16. The molecule has 0 aliphatic rings. The van der Waals surface area contributed by atoms with Gasteiger partial charge in [-0.3, -0.25) is 0 Å². The summed E-state index contributed by atoms with van der Waals surface area (Å²) in [6.45, 7) is 5.57. The summed E-state index contributed by atoms with van der Waals surface area (Å²) in [6, 6.07) is 12.2. The van der Waals surface area contributed by atoms with Gasteiger partial charge >= 0.3 is 0 Å². The summed E-state index contributed by atoms with van der Waals surface area (Å²) in [5.41, 5.74) is 1.21. The SMILES string of the molecule is CCOc1cccc(CN[C@@H](C)c2ccco2)c1. The van der Waals surface area contributed by atoms with Crippen LogP contribution < -0.4 is 10.1 Å². The molecular weight excluding hydrogens is 226 g/mol. The maximum atomic E-state index is 5.48. The molecule has 0 aliphatic carbocycles. The summed E-state index contributed by atoms with van der Waals surface area (Å²) in [5, 5.41) is 3.42. The van der Waals surface area contributed by atoms with Gasteiger partial charge in [0.25, 0.3) is 0 Å². The Balaban J connectivity index is 1.91. The highest BCUT2D eigenvalue weighted by atomic mass is 16.5. The molecule has 18 heavy (non-hydrogen) atoms. The zero-order valence-electron chi connectivity index (χ0n) is 10.8. The van der Waals surface area contributed by atoms with Crippen LogP contribution in [0.25, 0.3) is 0 Å². The number of nitrogens with one attached hydrogen (secondary N) is 1. The molecule has 0 fully saturated rings. The standard InChI is InChI=1S/C15H19NO2/c1-3-17-14-7-4-6-13(10-14)11-16-12(2)15-8-5-9-18-15/h4-10,12,16H,3,11H2,1-2H3/t12-/m0/s1. The first kappa shape index (κ1) is 12.7. The lowest BCUT2D eigenvalue weighted by Gasteiger charge is -2.12. The minimum atomic E-state index is 0.204. The van der Waals surface area contributed by atoms with E-state index in [9.17, 15) is 0 Å². The molecule has 0 saturated carbocycles. The zero-order chi connectivity index (χ0) is 12.8. The van der Waals surface area contributed by atoms with Gasteiger partial charge in [-0.2, -0.15) is 0 Å². The van der Waals surface area contributed by atoms with Crippen molar-refractivity contribution in [2.24, 2.45) is 0 Å². The summed E-state index contributed by atoms with van der Waals surface area (Å²) < 4.78 is 10.8. The minimum Gasteiger partial charge on any atom is -0.494 e. The molecule has 0 radical (unpaired) electrons. The monoisotopic (exact) mass is 245 g/mol. The summed E-state index contributed by atoms with van der Waals surface area (Å²) in [4.78, 5) is 0. The smallest absolute Gasteiger partial charge is 0.120 e. The van der Waals surface area contributed by atoms with E-state index in [0.29, 0.717) is 6.61 Å². The van der Waals surface area contributed by atoms with Gasteiger partial charge < -0.3 is 14.5 Å². The van der Waals surface area contributed by atoms with Gasteiger partial charge in [0.2, 0.25) is 0 Å². The first-order chi connectivity index (χ1) is 8.79. The van der Waals surface area contributed by atoms with Crippen molar-refractivity contribution in [3.05, 3.63) is 54.0 Å². The van der Waals surface area contributed by atoms with Crippen molar-refractivity contribution in [2.45, 2.75) is 26.4 Å². The van der Waals surface area contributed by atoms with Crippen LogP contribution >= 0.6 is 0 Å². The Morgan fingerprint density at radius 2 is 2.17 bits per heavy atom. The molecule has 0 spiro atoms. The van der Waals surface area contributed by atoms with Crippen molar-refractivity contribution in [1.29, 1.82) is 0 Å². The van der Waals surface area contributed by atoms with Gasteiger partial charge in [0.1, 0.15) is 11.5 Å². The number of benzene rings is 1. The molecule has 2 aromatic rings. The number of furan rings is 1. The van der Waals surface area contributed by atoms with Gasteiger partial charge in [-0.15, -0.1) is 0 Å². The number of hydrogen-bond acceptors (Lipinski definition) is 3. The second-order valence-corrected chi connectivity index (χ2v) is 4.20. The molecule has 0 bridgehead atoms. The van der Waals surface area contributed by atoms with E-state index in [-0.39, 0.29) is 6.04 Å². The summed E-state index contributed by atoms with van der Waals surface area (Å²) in [5.74, 6) is 1.87. The molecule has 0 amide bonds. The van der Waals surface area contributed by atoms with Gasteiger partial charge in [-0.1, -0.05) is 12.1 Å². The van der Waals surface area contributed by atoms with Crippen LogP contribution in [0.5, 0.6) is 5.75 Å². The Labute approximate surface area is 108 Å². The number of hydrogen-bond donors (Lipinski definition) is 1. The molecule has 1 N–H and O–H groups in total. The van der Waals surface area contributed by atoms with Gasteiger partial charge in [-0.25, -0.2) is 0 Å². The number of ether oxygens (including phenoxy) is 1. The number of rotatable bonds is 6. The van der Waals surface area contributed by atoms with E-state index in [1.165, 1.54) is 5.56 Å². The third kappa shape index (κ3) is 3.37. The second kappa shape index (κ2) is 6.26. The maximum Gasteiger partial charge on any atom is 0.120 e. The average Bonchev–Trinajstić information content (AvgIpc) is 2.91. The fourth-order valence-corrected chi connectivity index (χ4v) is 1.82. The van der Waals surface area contributed by atoms with Crippen molar-refractivity contribution >= 4 is 0 Å². The lowest BCUT2D eigenvalue weighted by Crippen LogP contribution is -2.17. The summed E-state index contributed by atoms with van der Waals surface area (Å²) >= 11 is 0. The molecule has 96 valence electrons. The van der Waals surface area contributed by atoms with Crippen molar-refractivity contribution in [3.63, 3.8) is 0 Å². The van der Waals surface area contributed by atoms with Crippen LogP contribution in [0.15, 0.2) is 47.1 Å². The topological polar surface area (TPSA) is 34.4 Å². The second-order valence-electron chi connectivity index (χ2n) is 4.20. The molecule has 0 saturated heterocycles. The fourth-order valence-electron chi connectivity index (χ4n) is 1.82. The predicted octanol–water partition coefficient (Wildman–Crippen LogP) is 3.53. The molecule has 0 unspecified atom stereocenters. The van der Waals surface area contributed by atoms with E-state index >= 15 is 0 Å². The van der Waals surface area contributed by atoms with Crippen LogP contribution in [0.4, 0.5) is 0 Å². The van der Waals surface area contributed by atoms with Gasteiger partial charge in [0.05, 0.1) is 18.9 Å². The zero-order valence-corrected chi connectivity index (χ0v) is 10.8. The van der Waals surface area contributed by atoms with E-state index in [1.54, 1.807) is 6.26 Å².